The van der Waals surface area contributed by atoms with Gasteiger partial charge in [0.05, 0.1) is 19.8 Å². The van der Waals surface area contributed by atoms with Crippen LogP contribution in [0.5, 0.6) is 0 Å². The summed E-state index contributed by atoms with van der Waals surface area (Å²) in [5, 5.41) is 9.77. The molecule has 0 saturated heterocycles. The Bertz CT molecular complexity index is 266. The van der Waals surface area contributed by atoms with Gasteiger partial charge >= 0.3 is 0 Å². The molecule has 0 spiro atoms. The number of hydrogen-bond acceptors (Lipinski definition) is 3. The van der Waals surface area contributed by atoms with Gasteiger partial charge in [0, 0.05) is 0 Å². The number of rotatable bonds is 8. The highest BCUT2D eigenvalue weighted by molar-refractivity contribution is 6.26. The van der Waals surface area contributed by atoms with E-state index in [1.165, 1.54) is 0 Å². The number of benzene rings is 1. The first-order valence-electron chi connectivity index (χ1n) is 5.73. The molecule has 0 aliphatic rings. The van der Waals surface area contributed by atoms with Crippen molar-refractivity contribution in [1.29, 1.82) is 0 Å². The first-order chi connectivity index (χ1) is 7.84. The van der Waals surface area contributed by atoms with Crippen molar-refractivity contribution in [2.75, 3.05) is 19.8 Å². The van der Waals surface area contributed by atoms with Crippen molar-refractivity contribution in [3.05, 3.63) is 35.9 Å². The Labute approximate surface area is 99.3 Å². The zero-order chi connectivity index (χ0) is 11.6. The molecule has 0 saturated carbocycles. The van der Waals surface area contributed by atoms with E-state index in [4.69, 9.17) is 9.16 Å². The first-order valence-corrected chi connectivity index (χ1v) is 7.30. The summed E-state index contributed by atoms with van der Waals surface area (Å²) in [4.78, 5) is 0. The molecule has 0 bridgehead atoms. The van der Waals surface area contributed by atoms with Gasteiger partial charge in [-0.1, -0.05) is 37.3 Å². The van der Waals surface area contributed by atoms with Crippen LogP contribution in [-0.4, -0.2) is 34.7 Å². The SMILES string of the molecule is CC[SiH2]OCCOCC(O)c1ccccc1. The highest BCUT2D eigenvalue weighted by Crippen LogP contribution is 2.11. The summed E-state index contributed by atoms with van der Waals surface area (Å²) >= 11 is 0. The minimum absolute atomic E-state index is 0.319. The predicted molar refractivity (Wildman–Crippen MR) is 67.2 cm³/mol. The summed E-state index contributed by atoms with van der Waals surface area (Å²) in [5.74, 6) is 0. The summed E-state index contributed by atoms with van der Waals surface area (Å²) in [5.41, 5.74) is 0.895. The van der Waals surface area contributed by atoms with Gasteiger partial charge in [0.15, 0.2) is 9.76 Å². The second kappa shape index (κ2) is 8.47. The molecule has 0 aromatic heterocycles. The van der Waals surface area contributed by atoms with Crippen molar-refractivity contribution in [2.45, 2.75) is 19.1 Å². The number of aliphatic hydroxyl groups excluding tert-OH is 1. The zero-order valence-electron chi connectivity index (χ0n) is 9.76. The van der Waals surface area contributed by atoms with Crippen molar-refractivity contribution in [3.63, 3.8) is 0 Å². The van der Waals surface area contributed by atoms with Gasteiger partial charge in [0.25, 0.3) is 0 Å². The van der Waals surface area contributed by atoms with Crippen LogP contribution in [0.1, 0.15) is 18.6 Å². The Balaban J connectivity index is 2.09. The van der Waals surface area contributed by atoms with Crippen molar-refractivity contribution >= 4 is 9.76 Å². The Morgan fingerprint density at radius 3 is 2.69 bits per heavy atom. The molecule has 1 rings (SSSR count). The van der Waals surface area contributed by atoms with Gasteiger partial charge in [-0.3, -0.25) is 0 Å². The normalized spacial score (nSPS) is 13.4. The zero-order valence-corrected chi connectivity index (χ0v) is 11.2. The van der Waals surface area contributed by atoms with Gasteiger partial charge in [-0.15, -0.1) is 0 Å². The van der Waals surface area contributed by atoms with Gasteiger partial charge in [-0.2, -0.15) is 0 Å². The van der Waals surface area contributed by atoms with Gasteiger partial charge in [-0.05, 0) is 11.6 Å². The molecular weight excluding hydrogens is 220 g/mol. The smallest absolute Gasteiger partial charge is 0.161 e. The Hall–Kier alpha value is -0.683. The second-order valence-electron chi connectivity index (χ2n) is 3.61. The van der Waals surface area contributed by atoms with Crippen LogP contribution in [0.4, 0.5) is 0 Å². The molecule has 0 fully saturated rings. The highest BCUT2D eigenvalue weighted by atomic mass is 28.2. The lowest BCUT2D eigenvalue weighted by Crippen LogP contribution is -2.12. The molecule has 0 aliphatic heterocycles. The summed E-state index contributed by atoms with van der Waals surface area (Å²) in [6.07, 6.45) is -0.537. The lowest BCUT2D eigenvalue weighted by Gasteiger charge is -2.11. The minimum Gasteiger partial charge on any atom is -0.422 e. The van der Waals surface area contributed by atoms with Crippen molar-refractivity contribution in [3.8, 4) is 0 Å². The van der Waals surface area contributed by atoms with Crippen LogP contribution in [0.25, 0.3) is 0 Å². The van der Waals surface area contributed by atoms with Crippen molar-refractivity contribution in [2.24, 2.45) is 0 Å². The maximum atomic E-state index is 9.77. The average Bonchev–Trinajstić information content (AvgIpc) is 2.34. The monoisotopic (exact) mass is 240 g/mol. The molecule has 0 aliphatic carbocycles. The van der Waals surface area contributed by atoms with Gasteiger partial charge < -0.3 is 14.3 Å². The fourth-order valence-corrected chi connectivity index (χ4v) is 1.94. The maximum Gasteiger partial charge on any atom is 0.161 e. The van der Waals surface area contributed by atoms with Crippen molar-refractivity contribution < 1.29 is 14.3 Å². The third-order valence-corrected chi connectivity index (χ3v) is 3.17. The van der Waals surface area contributed by atoms with Crippen LogP contribution in [0.2, 0.25) is 6.04 Å². The third-order valence-electron chi connectivity index (χ3n) is 2.18. The maximum absolute atomic E-state index is 9.77. The third kappa shape index (κ3) is 5.41. The molecule has 1 aromatic carbocycles. The minimum atomic E-state index is -0.537. The molecule has 3 nitrogen and oxygen atoms in total. The summed E-state index contributed by atoms with van der Waals surface area (Å²) < 4.78 is 10.7. The fraction of sp³-hybridized carbons (Fsp3) is 0.500. The fourth-order valence-electron chi connectivity index (χ4n) is 1.33. The Morgan fingerprint density at radius 1 is 1.25 bits per heavy atom. The number of ether oxygens (including phenoxy) is 1. The molecule has 0 amide bonds. The van der Waals surface area contributed by atoms with E-state index in [2.05, 4.69) is 6.92 Å². The molecule has 16 heavy (non-hydrogen) atoms. The lowest BCUT2D eigenvalue weighted by molar-refractivity contribution is 0.0243. The van der Waals surface area contributed by atoms with E-state index in [-0.39, 0.29) is 9.76 Å². The average molecular weight is 240 g/mol. The van der Waals surface area contributed by atoms with Crippen LogP contribution < -0.4 is 0 Å². The molecule has 4 heteroatoms. The largest absolute Gasteiger partial charge is 0.422 e. The molecule has 0 radical (unpaired) electrons. The molecule has 90 valence electrons. The van der Waals surface area contributed by atoms with Crippen LogP contribution in [-0.2, 0) is 9.16 Å². The highest BCUT2D eigenvalue weighted by Gasteiger charge is 2.05. The molecular formula is C12H20O3Si. The summed E-state index contributed by atoms with van der Waals surface area (Å²) in [6.45, 7) is 3.69. The molecule has 1 aromatic rings. The molecule has 1 unspecified atom stereocenters. The van der Waals surface area contributed by atoms with E-state index in [9.17, 15) is 5.11 Å². The van der Waals surface area contributed by atoms with Crippen LogP contribution in [0.15, 0.2) is 30.3 Å². The van der Waals surface area contributed by atoms with Crippen LogP contribution in [0.3, 0.4) is 0 Å². The Kier molecular flexibility index (Phi) is 7.08. The summed E-state index contributed by atoms with van der Waals surface area (Å²) in [7, 11) is -0.319. The predicted octanol–water partition coefficient (Wildman–Crippen LogP) is 1.28. The van der Waals surface area contributed by atoms with Crippen LogP contribution in [0, 0.1) is 0 Å². The van der Waals surface area contributed by atoms with E-state index in [1.807, 2.05) is 30.3 Å². The van der Waals surface area contributed by atoms with Gasteiger partial charge in [0.2, 0.25) is 0 Å². The van der Waals surface area contributed by atoms with E-state index in [0.29, 0.717) is 19.8 Å². The topological polar surface area (TPSA) is 38.7 Å². The molecule has 0 heterocycles. The first kappa shape index (κ1) is 13.4. The van der Waals surface area contributed by atoms with Crippen molar-refractivity contribution in [1.82, 2.24) is 0 Å². The van der Waals surface area contributed by atoms with E-state index in [1.54, 1.807) is 0 Å². The quantitative estimate of drug-likeness (QED) is 0.549. The second-order valence-corrected chi connectivity index (χ2v) is 5.43. The number of aliphatic hydroxyl groups is 1. The molecule has 1 atom stereocenters. The number of hydrogen-bond donors (Lipinski definition) is 1. The van der Waals surface area contributed by atoms with E-state index < -0.39 is 6.10 Å². The summed E-state index contributed by atoms with van der Waals surface area (Å²) in [6, 6.07) is 10.7. The Morgan fingerprint density at radius 2 is 2.00 bits per heavy atom. The standard InChI is InChI=1S/C12H20O3Si/c1-2-16-15-9-8-14-10-12(13)11-6-4-3-5-7-11/h3-7,12-13H,2,8-10,16H2,1H3. The molecule has 1 N–H and O–H groups in total. The van der Waals surface area contributed by atoms with E-state index in [0.717, 1.165) is 11.6 Å². The van der Waals surface area contributed by atoms with Gasteiger partial charge in [-0.25, -0.2) is 0 Å². The van der Waals surface area contributed by atoms with Gasteiger partial charge in [0.1, 0.15) is 6.10 Å². The van der Waals surface area contributed by atoms with Crippen LogP contribution >= 0.6 is 0 Å². The lowest BCUT2D eigenvalue weighted by atomic mass is 10.1. The van der Waals surface area contributed by atoms with E-state index >= 15 is 0 Å².